The largest absolute Gasteiger partial charge is 0.488 e. The summed E-state index contributed by atoms with van der Waals surface area (Å²) in [5.41, 5.74) is 3.04. The number of likely N-dealkylation sites (tertiary alicyclic amines) is 1. The van der Waals surface area contributed by atoms with E-state index in [1.54, 1.807) is 6.20 Å². The molecule has 2 aliphatic rings. The summed E-state index contributed by atoms with van der Waals surface area (Å²) < 4.78 is 5.82. The van der Waals surface area contributed by atoms with E-state index in [2.05, 4.69) is 41.1 Å². The zero-order chi connectivity index (χ0) is 17.9. The van der Waals surface area contributed by atoms with Crippen LogP contribution in [0.15, 0.2) is 36.5 Å². The van der Waals surface area contributed by atoms with Crippen LogP contribution in [0.4, 0.5) is 11.5 Å². The second-order valence-electron chi connectivity index (χ2n) is 6.92. The smallest absolute Gasteiger partial charge is 0.255 e. The van der Waals surface area contributed by atoms with Crippen LogP contribution in [0.25, 0.3) is 0 Å². The number of aryl methyl sites for hydroxylation is 1. The molecule has 0 N–H and O–H groups in total. The summed E-state index contributed by atoms with van der Waals surface area (Å²) >= 11 is 0. The second kappa shape index (κ2) is 7.36. The normalized spacial score (nSPS) is 16.8. The molecule has 136 valence electrons. The Morgan fingerprint density at radius 3 is 2.62 bits per heavy atom. The Labute approximate surface area is 154 Å². The van der Waals surface area contributed by atoms with Crippen molar-refractivity contribution >= 4 is 17.4 Å². The van der Waals surface area contributed by atoms with Gasteiger partial charge in [0.05, 0.1) is 12.1 Å². The van der Waals surface area contributed by atoms with Crippen molar-refractivity contribution in [2.45, 2.75) is 32.6 Å². The molecule has 26 heavy (non-hydrogen) atoms. The van der Waals surface area contributed by atoms with Crippen LogP contribution in [0.1, 0.15) is 42.1 Å². The van der Waals surface area contributed by atoms with Gasteiger partial charge in [-0.3, -0.25) is 4.79 Å². The summed E-state index contributed by atoms with van der Waals surface area (Å²) in [4.78, 5) is 21.4. The Kier molecular flexibility index (Phi) is 4.78. The second-order valence-corrected chi connectivity index (χ2v) is 6.92. The molecule has 1 aromatic heterocycles. The van der Waals surface area contributed by atoms with Gasteiger partial charge in [-0.25, -0.2) is 4.98 Å². The van der Waals surface area contributed by atoms with Crippen LogP contribution in [0.2, 0.25) is 0 Å². The maximum atomic E-state index is 12.7. The Morgan fingerprint density at radius 1 is 1.12 bits per heavy atom. The van der Waals surface area contributed by atoms with Crippen molar-refractivity contribution in [3.63, 3.8) is 0 Å². The van der Waals surface area contributed by atoms with E-state index >= 15 is 0 Å². The third-order valence-corrected chi connectivity index (χ3v) is 5.21. The summed E-state index contributed by atoms with van der Waals surface area (Å²) in [5, 5.41) is 0. The molecular weight excluding hydrogens is 326 g/mol. The SMILES string of the molecule is CCc1ccc(N2CCOc3cc(C(=O)N4CCCCC4)cnc32)cc1. The van der Waals surface area contributed by atoms with Gasteiger partial charge in [0.2, 0.25) is 0 Å². The fourth-order valence-corrected chi connectivity index (χ4v) is 3.66. The average Bonchev–Trinajstić information content (AvgIpc) is 2.73. The zero-order valence-corrected chi connectivity index (χ0v) is 15.3. The van der Waals surface area contributed by atoms with Gasteiger partial charge in [0, 0.05) is 25.0 Å². The number of fused-ring (bicyclic) bond motifs is 1. The maximum Gasteiger partial charge on any atom is 0.255 e. The van der Waals surface area contributed by atoms with Gasteiger partial charge in [0.15, 0.2) is 11.6 Å². The highest BCUT2D eigenvalue weighted by atomic mass is 16.5. The standard InChI is InChI=1S/C21H25N3O2/c1-2-16-6-8-18(9-7-16)24-12-13-26-19-14-17(15-22-20(19)24)21(25)23-10-4-3-5-11-23/h6-9,14-15H,2-5,10-13H2,1H3. The highest BCUT2D eigenvalue weighted by Gasteiger charge is 2.25. The number of rotatable bonds is 3. The predicted molar refractivity (Wildman–Crippen MR) is 102 cm³/mol. The zero-order valence-electron chi connectivity index (χ0n) is 15.3. The molecule has 0 radical (unpaired) electrons. The van der Waals surface area contributed by atoms with Gasteiger partial charge in [0.1, 0.15) is 6.61 Å². The fourth-order valence-electron chi connectivity index (χ4n) is 3.66. The van der Waals surface area contributed by atoms with Gasteiger partial charge in [-0.2, -0.15) is 0 Å². The summed E-state index contributed by atoms with van der Waals surface area (Å²) in [5.74, 6) is 1.54. The van der Waals surface area contributed by atoms with E-state index in [1.807, 2.05) is 11.0 Å². The molecule has 0 atom stereocenters. The van der Waals surface area contributed by atoms with Gasteiger partial charge in [-0.05, 0) is 49.4 Å². The molecule has 1 fully saturated rings. The van der Waals surface area contributed by atoms with Crippen LogP contribution < -0.4 is 9.64 Å². The monoisotopic (exact) mass is 351 g/mol. The minimum atomic E-state index is 0.0630. The lowest BCUT2D eigenvalue weighted by Crippen LogP contribution is -2.36. The topological polar surface area (TPSA) is 45.7 Å². The number of amides is 1. The van der Waals surface area contributed by atoms with E-state index in [9.17, 15) is 4.79 Å². The summed E-state index contributed by atoms with van der Waals surface area (Å²) in [6, 6.07) is 10.4. The van der Waals surface area contributed by atoms with Crippen LogP contribution in [0.5, 0.6) is 5.75 Å². The number of pyridine rings is 1. The van der Waals surface area contributed by atoms with Crippen LogP contribution >= 0.6 is 0 Å². The number of hydrogen-bond acceptors (Lipinski definition) is 4. The van der Waals surface area contributed by atoms with Gasteiger partial charge in [-0.1, -0.05) is 19.1 Å². The molecule has 4 rings (SSSR count). The summed E-state index contributed by atoms with van der Waals surface area (Å²) in [6.45, 7) is 5.18. The molecule has 0 saturated carbocycles. The van der Waals surface area contributed by atoms with Crippen LogP contribution in [0.3, 0.4) is 0 Å². The number of anilines is 2. The molecule has 5 heteroatoms. The maximum absolute atomic E-state index is 12.7. The van der Waals surface area contributed by atoms with Gasteiger partial charge in [-0.15, -0.1) is 0 Å². The van der Waals surface area contributed by atoms with Crippen molar-refractivity contribution in [2.24, 2.45) is 0 Å². The van der Waals surface area contributed by atoms with Crippen molar-refractivity contribution in [2.75, 3.05) is 31.1 Å². The van der Waals surface area contributed by atoms with E-state index < -0.39 is 0 Å². The lowest BCUT2D eigenvalue weighted by molar-refractivity contribution is 0.0723. The predicted octanol–water partition coefficient (Wildman–Crippen LogP) is 3.80. The highest BCUT2D eigenvalue weighted by molar-refractivity contribution is 5.95. The number of carbonyl (C=O) groups excluding carboxylic acids is 1. The molecule has 2 aromatic rings. The molecule has 1 saturated heterocycles. The van der Waals surface area contributed by atoms with Crippen molar-refractivity contribution < 1.29 is 9.53 Å². The quantitative estimate of drug-likeness (QED) is 0.844. The third-order valence-electron chi connectivity index (χ3n) is 5.21. The Hall–Kier alpha value is -2.56. The number of benzene rings is 1. The minimum absolute atomic E-state index is 0.0630. The van der Waals surface area contributed by atoms with E-state index in [4.69, 9.17) is 4.74 Å². The number of piperidine rings is 1. The number of carbonyl (C=O) groups is 1. The van der Waals surface area contributed by atoms with Crippen molar-refractivity contribution in [1.82, 2.24) is 9.88 Å². The average molecular weight is 351 g/mol. The van der Waals surface area contributed by atoms with Crippen LogP contribution in [-0.4, -0.2) is 42.0 Å². The number of nitrogens with zero attached hydrogens (tertiary/aromatic N) is 3. The highest BCUT2D eigenvalue weighted by Crippen LogP contribution is 2.35. The molecule has 2 aliphatic heterocycles. The Bertz CT molecular complexity index is 782. The van der Waals surface area contributed by atoms with E-state index in [0.717, 1.165) is 50.4 Å². The first-order chi connectivity index (χ1) is 12.8. The lowest BCUT2D eigenvalue weighted by Gasteiger charge is -2.31. The van der Waals surface area contributed by atoms with E-state index in [1.165, 1.54) is 12.0 Å². The molecule has 1 aromatic carbocycles. The summed E-state index contributed by atoms with van der Waals surface area (Å²) in [7, 11) is 0. The number of aromatic nitrogens is 1. The first-order valence-corrected chi connectivity index (χ1v) is 9.55. The van der Waals surface area contributed by atoms with Gasteiger partial charge in [0.25, 0.3) is 5.91 Å². The molecule has 0 unspecified atom stereocenters. The molecule has 0 bridgehead atoms. The molecule has 0 spiro atoms. The first kappa shape index (κ1) is 16.9. The molecule has 3 heterocycles. The third kappa shape index (κ3) is 3.26. The Morgan fingerprint density at radius 2 is 1.88 bits per heavy atom. The van der Waals surface area contributed by atoms with Crippen LogP contribution in [0, 0.1) is 0 Å². The van der Waals surface area contributed by atoms with E-state index in [0.29, 0.717) is 17.9 Å². The molecule has 0 aliphatic carbocycles. The molecule has 5 nitrogen and oxygen atoms in total. The lowest BCUT2D eigenvalue weighted by atomic mass is 10.1. The van der Waals surface area contributed by atoms with Crippen LogP contribution in [-0.2, 0) is 6.42 Å². The van der Waals surface area contributed by atoms with E-state index in [-0.39, 0.29) is 5.91 Å². The first-order valence-electron chi connectivity index (χ1n) is 9.55. The molecular formula is C21H25N3O2. The fraction of sp³-hybridized carbons (Fsp3) is 0.429. The summed E-state index contributed by atoms with van der Waals surface area (Å²) in [6.07, 6.45) is 6.10. The van der Waals surface area contributed by atoms with Crippen molar-refractivity contribution in [3.05, 3.63) is 47.7 Å². The van der Waals surface area contributed by atoms with Crippen molar-refractivity contribution in [1.29, 1.82) is 0 Å². The van der Waals surface area contributed by atoms with Crippen molar-refractivity contribution in [3.8, 4) is 5.75 Å². The Balaban J connectivity index is 1.59. The molecule has 1 amide bonds. The number of hydrogen-bond donors (Lipinski definition) is 0. The number of ether oxygens (including phenoxy) is 1. The minimum Gasteiger partial charge on any atom is -0.488 e. The van der Waals surface area contributed by atoms with Gasteiger partial charge >= 0.3 is 0 Å². The van der Waals surface area contributed by atoms with Gasteiger partial charge < -0.3 is 14.5 Å².